The van der Waals surface area contributed by atoms with Gasteiger partial charge < -0.3 is 19.6 Å². The van der Waals surface area contributed by atoms with Crippen LogP contribution >= 0.6 is 0 Å². The first-order valence-corrected chi connectivity index (χ1v) is 7.16. The van der Waals surface area contributed by atoms with Gasteiger partial charge in [0.2, 0.25) is 0 Å². The van der Waals surface area contributed by atoms with E-state index in [0.29, 0.717) is 23.7 Å². The first-order valence-electron chi connectivity index (χ1n) is 7.16. The van der Waals surface area contributed by atoms with Gasteiger partial charge in [0.15, 0.2) is 11.5 Å². The minimum absolute atomic E-state index is 0.0666. The van der Waals surface area contributed by atoms with Crippen LogP contribution in [-0.4, -0.2) is 34.8 Å². The van der Waals surface area contributed by atoms with Crippen molar-refractivity contribution in [2.75, 3.05) is 13.7 Å². The van der Waals surface area contributed by atoms with Crippen molar-refractivity contribution in [2.24, 2.45) is 0 Å². The highest BCUT2D eigenvalue weighted by molar-refractivity contribution is 5.94. The number of benzene rings is 2. The van der Waals surface area contributed by atoms with Gasteiger partial charge in [0.05, 0.1) is 30.3 Å². The van der Waals surface area contributed by atoms with Crippen LogP contribution in [0.3, 0.4) is 0 Å². The van der Waals surface area contributed by atoms with Gasteiger partial charge in [-0.2, -0.15) is 0 Å². The molecule has 0 atom stereocenters. The molecular formula is C17H16N2O4. The molecule has 0 spiro atoms. The minimum Gasteiger partial charge on any atom is -0.504 e. The number of carbonyl (C=O) groups is 1. The Morgan fingerprint density at radius 2 is 2.09 bits per heavy atom. The predicted molar refractivity (Wildman–Crippen MR) is 85.7 cm³/mol. The summed E-state index contributed by atoms with van der Waals surface area (Å²) in [7, 11) is 1.49. The summed E-state index contributed by atoms with van der Waals surface area (Å²) in [5, 5.41) is 9.66. The molecule has 6 heteroatoms. The van der Waals surface area contributed by atoms with Gasteiger partial charge in [-0.15, -0.1) is 0 Å². The van der Waals surface area contributed by atoms with E-state index in [1.165, 1.54) is 7.11 Å². The van der Waals surface area contributed by atoms with E-state index in [-0.39, 0.29) is 11.7 Å². The second-order valence-corrected chi connectivity index (χ2v) is 4.92. The molecule has 118 valence electrons. The number of carbonyl (C=O) groups excluding carboxylic acids is 1. The number of ether oxygens (including phenoxy) is 2. The van der Waals surface area contributed by atoms with Crippen molar-refractivity contribution in [1.82, 2.24) is 9.97 Å². The Labute approximate surface area is 132 Å². The number of H-pyrrole nitrogens is 1. The summed E-state index contributed by atoms with van der Waals surface area (Å²) in [6.07, 6.45) is 0. The van der Waals surface area contributed by atoms with Gasteiger partial charge in [-0.05, 0) is 43.3 Å². The Morgan fingerprint density at radius 3 is 2.83 bits per heavy atom. The van der Waals surface area contributed by atoms with Crippen molar-refractivity contribution < 1.29 is 19.4 Å². The predicted octanol–water partition coefficient (Wildman–Crippen LogP) is 3.12. The third-order valence-corrected chi connectivity index (χ3v) is 3.45. The number of imidazole rings is 1. The number of nitrogens with zero attached hydrogens (tertiary/aromatic N) is 1. The number of hydrogen-bond acceptors (Lipinski definition) is 5. The number of aromatic amines is 1. The molecule has 2 aromatic carbocycles. The fourth-order valence-electron chi connectivity index (χ4n) is 2.31. The van der Waals surface area contributed by atoms with Crippen molar-refractivity contribution in [2.45, 2.75) is 6.92 Å². The van der Waals surface area contributed by atoms with E-state index in [4.69, 9.17) is 9.47 Å². The lowest BCUT2D eigenvalue weighted by Crippen LogP contribution is -2.04. The second kappa shape index (κ2) is 6.00. The van der Waals surface area contributed by atoms with Gasteiger partial charge >= 0.3 is 5.97 Å². The number of aromatic nitrogens is 2. The maximum absolute atomic E-state index is 11.8. The van der Waals surface area contributed by atoms with E-state index in [9.17, 15) is 9.90 Å². The van der Waals surface area contributed by atoms with Crippen LogP contribution in [0.25, 0.3) is 22.4 Å². The van der Waals surface area contributed by atoms with Crippen molar-refractivity contribution in [3.8, 4) is 22.9 Å². The number of phenols is 1. The molecule has 0 aliphatic carbocycles. The zero-order chi connectivity index (χ0) is 16.4. The largest absolute Gasteiger partial charge is 0.504 e. The van der Waals surface area contributed by atoms with Crippen LogP contribution in [0.4, 0.5) is 0 Å². The Morgan fingerprint density at radius 1 is 1.26 bits per heavy atom. The smallest absolute Gasteiger partial charge is 0.338 e. The van der Waals surface area contributed by atoms with Gasteiger partial charge in [0, 0.05) is 5.56 Å². The minimum atomic E-state index is -0.364. The lowest BCUT2D eigenvalue weighted by atomic mass is 10.2. The van der Waals surface area contributed by atoms with Crippen LogP contribution in [0.5, 0.6) is 11.5 Å². The third-order valence-electron chi connectivity index (χ3n) is 3.45. The number of phenolic OH excluding ortho intramolecular Hbond substituents is 1. The third kappa shape index (κ3) is 2.83. The monoisotopic (exact) mass is 312 g/mol. The number of hydrogen-bond donors (Lipinski definition) is 2. The van der Waals surface area contributed by atoms with E-state index >= 15 is 0 Å². The van der Waals surface area contributed by atoms with E-state index < -0.39 is 0 Å². The summed E-state index contributed by atoms with van der Waals surface area (Å²) in [5.74, 6) is 0.697. The quantitative estimate of drug-likeness (QED) is 0.723. The Bertz CT molecular complexity index is 870. The molecule has 3 aromatic rings. The van der Waals surface area contributed by atoms with Crippen molar-refractivity contribution >= 4 is 17.0 Å². The summed E-state index contributed by atoms with van der Waals surface area (Å²) in [6, 6.07) is 10.1. The molecule has 0 radical (unpaired) electrons. The molecule has 3 rings (SSSR count). The maximum atomic E-state index is 11.8. The summed E-state index contributed by atoms with van der Waals surface area (Å²) >= 11 is 0. The Balaban J connectivity index is 2.01. The topological polar surface area (TPSA) is 84.4 Å². The summed E-state index contributed by atoms with van der Waals surface area (Å²) in [5.41, 5.74) is 2.71. The molecule has 0 fully saturated rings. The fraction of sp³-hybridized carbons (Fsp3) is 0.176. The number of aromatic hydroxyl groups is 1. The van der Waals surface area contributed by atoms with E-state index in [1.807, 2.05) is 0 Å². The number of fused-ring (bicyclic) bond motifs is 1. The first kappa shape index (κ1) is 14.9. The molecule has 0 bridgehead atoms. The average Bonchev–Trinajstić information content (AvgIpc) is 2.98. The lowest BCUT2D eigenvalue weighted by molar-refractivity contribution is 0.0526. The van der Waals surface area contributed by atoms with Crippen molar-refractivity contribution in [3.63, 3.8) is 0 Å². The van der Waals surface area contributed by atoms with Gasteiger partial charge in [0.25, 0.3) is 0 Å². The fourth-order valence-corrected chi connectivity index (χ4v) is 2.31. The van der Waals surface area contributed by atoms with Gasteiger partial charge in [-0.25, -0.2) is 9.78 Å². The molecule has 1 heterocycles. The number of nitrogens with one attached hydrogen (secondary N) is 1. The molecule has 23 heavy (non-hydrogen) atoms. The number of rotatable bonds is 4. The molecule has 2 N–H and O–H groups in total. The van der Waals surface area contributed by atoms with Crippen LogP contribution in [0, 0.1) is 0 Å². The SMILES string of the molecule is CCOC(=O)c1ccc2nc(-c3ccc(O)c(OC)c3)[nH]c2c1. The Kier molecular flexibility index (Phi) is 3.89. The van der Waals surface area contributed by atoms with Crippen LogP contribution in [0.1, 0.15) is 17.3 Å². The lowest BCUT2D eigenvalue weighted by Gasteiger charge is -2.04. The molecule has 0 aliphatic heterocycles. The zero-order valence-electron chi connectivity index (χ0n) is 12.8. The van der Waals surface area contributed by atoms with Gasteiger partial charge in [0.1, 0.15) is 5.82 Å². The molecular weight excluding hydrogens is 296 g/mol. The van der Waals surface area contributed by atoms with Gasteiger partial charge in [-0.1, -0.05) is 0 Å². The number of methoxy groups -OCH3 is 1. The number of esters is 1. The standard InChI is InChI=1S/C17H16N2O4/c1-3-23-17(21)11-4-6-12-13(8-11)19-16(18-12)10-5-7-14(20)15(9-10)22-2/h4-9,20H,3H2,1-2H3,(H,18,19). The molecule has 0 aliphatic rings. The molecule has 0 unspecified atom stereocenters. The van der Waals surface area contributed by atoms with Crippen LogP contribution in [0.2, 0.25) is 0 Å². The van der Waals surface area contributed by atoms with Crippen LogP contribution in [0.15, 0.2) is 36.4 Å². The molecule has 0 saturated heterocycles. The summed E-state index contributed by atoms with van der Waals surface area (Å²) < 4.78 is 10.1. The van der Waals surface area contributed by atoms with Gasteiger partial charge in [-0.3, -0.25) is 0 Å². The van der Waals surface area contributed by atoms with Crippen molar-refractivity contribution in [1.29, 1.82) is 0 Å². The molecule has 0 amide bonds. The second-order valence-electron chi connectivity index (χ2n) is 4.92. The Hall–Kier alpha value is -3.02. The highest BCUT2D eigenvalue weighted by Crippen LogP contribution is 2.31. The first-order chi connectivity index (χ1) is 11.1. The average molecular weight is 312 g/mol. The highest BCUT2D eigenvalue weighted by atomic mass is 16.5. The van der Waals surface area contributed by atoms with Crippen LogP contribution in [-0.2, 0) is 4.74 Å². The summed E-state index contributed by atoms with van der Waals surface area (Å²) in [4.78, 5) is 19.4. The molecule has 6 nitrogen and oxygen atoms in total. The molecule has 0 saturated carbocycles. The summed E-state index contributed by atoms with van der Waals surface area (Å²) in [6.45, 7) is 2.10. The van der Waals surface area contributed by atoms with E-state index in [2.05, 4.69) is 9.97 Å². The van der Waals surface area contributed by atoms with E-state index in [0.717, 1.165) is 16.6 Å². The van der Waals surface area contributed by atoms with Crippen molar-refractivity contribution in [3.05, 3.63) is 42.0 Å². The maximum Gasteiger partial charge on any atom is 0.338 e. The highest BCUT2D eigenvalue weighted by Gasteiger charge is 2.12. The van der Waals surface area contributed by atoms with Crippen LogP contribution < -0.4 is 4.74 Å². The zero-order valence-corrected chi connectivity index (χ0v) is 12.8. The van der Waals surface area contributed by atoms with E-state index in [1.54, 1.807) is 43.3 Å². The normalized spacial score (nSPS) is 10.7. The molecule has 1 aromatic heterocycles.